The summed E-state index contributed by atoms with van der Waals surface area (Å²) in [7, 11) is 0. The van der Waals surface area contributed by atoms with Gasteiger partial charge in [-0.2, -0.15) is 0 Å². The summed E-state index contributed by atoms with van der Waals surface area (Å²) < 4.78 is 0. The van der Waals surface area contributed by atoms with Crippen molar-refractivity contribution in [2.24, 2.45) is 5.92 Å². The largest absolute Gasteiger partial charge is 0.478 e. The Morgan fingerprint density at radius 1 is 1.06 bits per heavy atom. The van der Waals surface area contributed by atoms with E-state index >= 15 is 0 Å². The number of hydrogen-bond donors (Lipinski definition) is 2. The van der Waals surface area contributed by atoms with Crippen molar-refractivity contribution in [3.63, 3.8) is 0 Å². The van der Waals surface area contributed by atoms with Crippen LogP contribution in [0.15, 0.2) is 60.2 Å². The lowest BCUT2D eigenvalue weighted by Crippen LogP contribution is -2.44. The third-order valence-electron chi connectivity index (χ3n) is 6.52. The Hall–Kier alpha value is -1.85. The molecule has 2 aliphatic rings. The molecule has 2 fully saturated rings. The van der Waals surface area contributed by atoms with Gasteiger partial charge in [-0.1, -0.05) is 54.1 Å². The van der Waals surface area contributed by atoms with Crippen molar-refractivity contribution in [3.05, 3.63) is 76.9 Å². The second kappa shape index (κ2) is 12.4. The molecule has 2 aromatic carbocycles. The van der Waals surface area contributed by atoms with Crippen LogP contribution in [0, 0.1) is 5.92 Å². The lowest BCUT2D eigenvalue weighted by atomic mass is 10.0. The summed E-state index contributed by atoms with van der Waals surface area (Å²) in [5.74, 6) is -0.170. The number of rotatable bonds is 8. The van der Waals surface area contributed by atoms with E-state index < -0.39 is 5.97 Å². The average Bonchev–Trinajstić information content (AvgIpc) is 3.53. The van der Waals surface area contributed by atoms with E-state index in [-0.39, 0.29) is 24.8 Å². The maximum atomic E-state index is 11.0. The van der Waals surface area contributed by atoms with E-state index in [9.17, 15) is 4.79 Å². The predicted octanol–water partition coefficient (Wildman–Crippen LogP) is 5.32. The SMILES string of the molecule is CC(=Cc1ccccc1)C1CC1NC1CCN(CCc2ccc(C(=O)O)cc2)CC1.Cl.Cl. The first-order valence-corrected chi connectivity index (χ1v) is 11.1. The fourth-order valence-electron chi connectivity index (χ4n) is 4.53. The van der Waals surface area contributed by atoms with E-state index in [1.54, 1.807) is 12.1 Å². The number of piperidine rings is 1. The Balaban J connectivity index is 0.00000181. The maximum Gasteiger partial charge on any atom is 0.335 e. The van der Waals surface area contributed by atoms with E-state index in [1.165, 1.54) is 36.0 Å². The predicted molar refractivity (Wildman–Crippen MR) is 136 cm³/mol. The van der Waals surface area contributed by atoms with E-state index in [2.05, 4.69) is 53.5 Å². The molecule has 1 aliphatic carbocycles. The van der Waals surface area contributed by atoms with Gasteiger partial charge < -0.3 is 15.3 Å². The number of nitrogens with one attached hydrogen (secondary N) is 1. The third-order valence-corrected chi connectivity index (χ3v) is 6.52. The second-order valence-corrected chi connectivity index (χ2v) is 8.78. The molecule has 2 aromatic rings. The molecule has 1 heterocycles. The van der Waals surface area contributed by atoms with E-state index in [4.69, 9.17) is 5.11 Å². The number of carboxylic acids is 1. The second-order valence-electron chi connectivity index (χ2n) is 8.78. The van der Waals surface area contributed by atoms with Gasteiger partial charge in [-0.15, -0.1) is 24.8 Å². The molecule has 0 radical (unpaired) electrons. The molecule has 0 aromatic heterocycles. The van der Waals surface area contributed by atoms with Gasteiger partial charge in [0.2, 0.25) is 0 Å². The molecule has 4 nitrogen and oxygen atoms in total. The third kappa shape index (κ3) is 7.35. The standard InChI is InChI=1S/C26H32N2O2.2ClH/c1-19(17-21-5-3-2-4-6-21)24-18-25(24)27-23-12-15-28(16-13-23)14-11-20-7-9-22(10-8-20)26(29)30;;/h2-10,17,23-25,27H,11-16,18H2,1H3,(H,29,30);2*1H. The van der Waals surface area contributed by atoms with Crippen molar-refractivity contribution < 1.29 is 9.90 Å². The first kappa shape index (κ1) is 26.4. The van der Waals surface area contributed by atoms with Crippen LogP contribution < -0.4 is 5.32 Å². The number of aromatic carboxylic acids is 1. The molecule has 1 saturated carbocycles. The van der Waals surface area contributed by atoms with Crippen LogP contribution >= 0.6 is 24.8 Å². The van der Waals surface area contributed by atoms with Crippen LogP contribution in [0.3, 0.4) is 0 Å². The lowest BCUT2D eigenvalue weighted by Gasteiger charge is -2.32. The summed E-state index contributed by atoms with van der Waals surface area (Å²) in [6.07, 6.45) is 7.00. The molecule has 2 N–H and O–H groups in total. The van der Waals surface area contributed by atoms with Gasteiger partial charge in [0, 0.05) is 18.6 Å². The highest BCUT2D eigenvalue weighted by molar-refractivity contribution is 5.87. The highest BCUT2D eigenvalue weighted by Crippen LogP contribution is 2.38. The van der Waals surface area contributed by atoms with Gasteiger partial charge in [-0.25, -0.2) is 4.79 Å². The highest BCUT2D eigenvalue weighted by Gasteiger charge is 2.39. The zero-order chi connectivity index (χ0) is 20.9. The van der Waals surface area contributed by atoms with Crippen molar-refractivity contribution in [1.29, 1.82) is 0 Å². The number of nitrogens with zero attached hydrogens (tertiary/aromatic N) is 1. The molecule has 2 unspecified atom stereocenters. The molecule has 1 aliphatic heterocycles. The number of halogens is 2. The molecule has 0 amide bonds. The first-order valence-electron chi connectivity index (χ1n) is 11.1. The smallest absolute Gasteiger partial charge is 0.335 e. The molecule has 32 heavy (non-hydrogen) atoms. The van der Waals surface area contributed by atoms with Crippen LogP contribution in [0.4, 0.5) is 0 Å². The quantitative estimate of drug-likeness (QED) is 0.541. The summed E-state index contributed by atoms with van der Waals surface area (Å²) >= 11 is 0. The fourth-order valence-corrected chi connectivity index (χ4v) is 4.53. The Morgan fingerprint density at radius 2 is 1.72 bits per heavy atom. The van der Waals surface area contributed by atoms with Crippen LogP contribution in [0.5, 0.6) is 0 Å². The molecule has 0 spiro atoms. The molecule has 4 rings (SSSR count). The van der Waals surface area contributed by atoms with E-state index in [0.29, 0.717) is 23.6 Å². The number of carboxylic acid groups (broad SMARTS) is 1. The summed E-state index contributed by atoms with van der Waals surface area (Å²) in [5.41, 5.74) is 4.36. The number of hydrogen-bond acceptors (Lipinski definition) is 3. The van der Waals surface area contributed by atoms with E-state index in [0.717, 1.165) is 26.1 Å². The fraction of sp³-hybridized carbons (Fsp3) is 0.423. The Kier molecular flexibility index (Phi) is 10.2. The number of carbonyl (C=O) groups is 1. The normalized spacial score (nSPS) is 21.3. The van der Waals surface area contributed by atoms with Crippen LogP contribution in [0.25, 0.3) is 6.08 Å². The minimum absolute atomic E-state index is 0. The molecule has 1 saturated heterocycles. The first-order chi connectivity index (χ1) is 14.6. The molecule has 0 bridgehead atoms. The van der Waals surface area contributed by atoms with Crippen molar-refractivity contribution in [3.8, 4) is 0 Å². The Morgan fingerprint density at radius 3 is 2.34 bits per heavy atom. The monoisotopic (exact) mass is 476 g/mol. The lowest BCUT2D eigenvalue weighted by molar-refractivity contribution is 0.0697. The zero-order valence-corrected chi connectivity index (χ0v) is 20.2. The molecule has 2 atom stereocenters. The topological polar surface area (TPSA) is 52.6 Å². The summed E-state index contributed by atoms with van der Waals surface area (Å²) in [6.45, 7) is 5.59. The Labute approximate surface area is 203 Å². The summed E-state index contributed by atoms with van der Waals surface area (Å²) in [5, 5.41) is 12.9. The molecule has 174 valence electrons. The van der Waals surface area contributed by atoms with Crippen molar-refractivity contribution in [2.75, 3.05) is 19.6 Å². The zero-order valence-electron chi connectivity index (χ0n) is 18.6. The van der Waals surface area contributed by atoms with Crippen LogP contribution in [0.2, 0.25) is 0 Å². The van der Waals surface area contributed by atoms with Crippen LogP contribution in [0.1, 0.15) is 47.7 Å². The Bertz CT molecular complexity index is 878. The van der Waals surface area contributed by atoms with Crippen molar-refractivity contribution >= 4 is 36.9 Å². The molecule has 6 heteroatoms. The summed E-state index contributed by atoms with van der Waals surface area (Å²) in [6, 6.07) is 19.2. The number of likely N-dealkylation sites (tertiary alicyclic amines) is 1. The summed E-state index contributed by atoms with van der Waals surface area (Å²) in [4.78, 5) is 13.5. The highest BCUT2D eigenvalue weighted by atomic mass is 35.5. The van der Waals surface area contributed by atoms with Crippen LogP contribution in [-0.2, 0) is 6.42 Å². The number of benzene rings is 2. The average molecular weight is 477 g/mol. The van der Waals surface area contributed by atoms with Gasteiger partial charge in [0.25, 0.3) is 0 Å². The van der Waals surface area contributed by atoms with Crippen LogP contribution in [-0.4, -0.2) is 47.7 Å². The van der Waals surface area contributed by atoms with Gasteiger partial charge in [0.05, 0.1) is 5.56 Å². The van der Waals surface area contributed by atoms with Crippen molar-refractivity contribution in [1.82, 2.24) is 10.2 Å². The van der Waals surface area contributed by atoms with Gasteiger partial charge >= 0.3 is 5.97 Å². The minimum atomic E-state index is -0.861. The van der Waals surface area contributed by atoms with Gasteiger partial charge in [0.1, 0.15) is 0 Å². The van der Waals surface area contributed by atoms with Crippen molar-refractivity contribution in [2.45, 2.75) is 44.7 Å². The van der Waals surface area contributed by atoms with E-state index in [1.807, 2.05) is 12.1 Å². The minimum Gasteiger partial charge on any atom is -0.478 e. The maximum absolute atomic E-state index is 11.0. The molecular formula is C26H34Cl2N2O2. The van der Waals surface area contributed by atoms with Gasteiger partial charge in [0.15, 0.2) is 0 Å². The van der Waals surface area contributed by atoms with Gasteiger partial charge in [-0.05, 0) is 74.9 Å². The van der Waals surface area contributed by atoms with Gasteiger partial charge in [-0.3, -0.25) is 0 Å². The molecular weight excluding hydrogens is 443 g/mol.